The van der Waals surface area contributed by atoms with Gasteiger partial charge in [-0.3, -0.25) is 19.1 Å². The maximum Gasteiger partial charge on any atom is 0.262 e. The minimum atomic E-state index is -0.352. The Morgan fingerprint density at radius 3 is 2.95 bits per heavy atom. The Morgan fingerprint density at radius 2 is 2.23 bits per heavy atom. The second-order valence-corrected chi connectivity index (χ2v) is 5.72. The first-order valence-electron chi connectivity index (χ1n) is 6.71. The fourth-order valence-electron chi connectivity index (χ4n) is 2.00. The average molecular weight is 315 g/mol. The van der Waals surface area contributed by atoms with E-state index >= 15 is 0 Å². The van der Waals surface area contributed by atoms with Gasteiger partial charge < -0.3 is 5.32 Å². The monoisotopic (exact) mass is 315 g/mol. The molecule has 0 aliphatic carbocycles. The Balaban J connectivity index is 1.83. The molecule has 3 heterocycles. The van der Waals surface area contributed by atoms with Gasteiger partial charge in [-0.25, -0.2) is 9.97 Å². The summed E-state index contributed by atoms with van der Waals surface area (Å²) in [5.74, 6) is -0.00640. The van der Waals surface area contributed by atoms with Crippen molar-refractivity contribution in [2.45, 2.75) is 19.9 Å². The molecule has 0 saturated heterocycles. The van der Waals surface area contributed by atoms with E-state index in [-0.39, 0.29) is 18.0 Å². The van der Waals surface area contributed by atoms with Gasteiger partial charge in [0.1, 0.15) is 11.4 Å². The Kier molecular flexibility index (Phi) is 3.92. The molecule has 1 amide bonds. The third-order valence-electron chi connectivity index (χ3n) is 3.06. The van der Waals surface area contributed by atoms with E-state index in [1.165, 1.54) is 40.8 Å². The van der Waals surface area contributed by atoms with Crippen molar-refractivity contribution in [3.63, 3.8) is 0 Å². The largest absolute Gasteiger partial charge is 0.308 e. The molecular weight excluding hydrogens is 302 g/mol. The molecule has 0 radical (unpaired) electrons. The van der Waals surface area contributed by atoms with Crippen LogP contribution < -0.4 is 10.9 Å². The summed E-state index contributed by atoms with van der Waals surface area (Å²) in [5.41, 5.74) is -0.213. The number of thiophene rings is 1. The first-order chi connectivity index (χ1) is 10.7. The van der Waals surface area contributed by atoms with Gasteiger partial charge in [-0.2, -0.15) is 0 Å². The molecule has 0 saturated carbocycles. The smallest absolute Gasteiger partial charge is 0.262 e. The first kappa shape index (κ1) is 14.3. The van der Waals surface area contributed by atoms with Crippen LogP contribution in [0.4, 0.5) is 5.82 Å². The first-order valence-corrected chi connectivity index (χ1v) is 7.52. The zero-order chi connectivity index (χ0) is 15.5. The maximum atomic E-state index is 12.4. The van der Waals surface area contributed by atoms with Crippen molar-refractivity contribution in [1.82, 2.24) is 19.5 Å². The fraction of sp³-hybridized carbons (Fsp3) is 0.214. The van der Waals surface area contributed by atoms with Crippen molar-refractivity contribution in [1.29, 1.82) is 0 Å². The Bertz CT molecular complexity index is 872. The van der Waals surface area contributed by atoms with Crippen molar-refractivity contribution < 1.29 is 4.79 Å². The predicted molar refractivity (Wildman–Crippen MR) is 83.9 cm³/mol. The molecule has 0 aliphatic rings. The van der Waals surface area contributed by atoms with Crippen LogP contribution in [0.5, 0.6) is 0 Å². The lowest BCUT2D eigenvalue weighted by atomic mass is 10.3. The quantitative estimate of drug-likeness (QED) is 0.787. The minimum absolute atomic E-state index is 0.115. The van der Waals surface area contributed by atoms with Crippen molar-refractivity contribution in [3.05, 3.63) is 46.2 Å². The van der Waals surface area contributed by atoms with Gasteiger partial charge in [-0.15, -0.1) is 11.3 Å². The van der Waals surface area contributed by atoms with Gasteiger partial charge in [-0.05, 0) is 12.5 Å². The zero-order valence-electron chi connectivity index (χ0n) is 11.8. The summed E-state index contributed by atoms with van der Waals surface area (Å²) in [6, 6.07) is 1.84. The number of carbonyl (C=O) groups excluding carboxylic acids is 1. The van der Waals surface area contributed by atoms with Crippen LogP contribution >= 0.6 is 11.3 Å². The lowest BCUT2D eigenvalue weighted by molar-refractivity contribution is -0.116. The summed E-state index contributed by atoms with van der Waals surface area (Å²) in [4.78, 5) is 38.2. The molecule has 0 atom stereocenters. The number of aryl methyl sites for hydroxylation is 1. The standard InChI is InChI=1S/C14H13N5O2S/c1-2-9-5-10-13(22-9)17-8-19(14(10)21)7-12(20)18-11-6-15-3-4-16-11/h3-6,8H,2,7H2,1H3,(H,16,18,20). The molecule has 0 spiro atoms. The van der Waals surface area contributed by atoms with E-state index < -0.39 is 0 Å². The van der Waals surface area contributed by atoms with Crippen LogP contribution in [0.25, 0.3) is 10.2 Å². The van der Waals surface area contributed by atoms with Gasteiger partial charge in [-0.1, -0.05) is 6.92 Å². The van der Waals surface area contributed by atoms with Crippen LogP contribution in [0.1, 0.15) is 11.8 Å². The highest BCUT2D eigenvalue weighted by Crippen LogP contribution is 2.20. The molecule has 0 aromatic carbocycles. The predicted octanol–water partition coefficient (Wildman–Crippen LogP) is 1.45. The van der Waals surface area contributed by atoms with E-state index in [9.17, 15) is 9.59 Å². The molecule has 0 bridgehead atoms. The van der Waals surface area contributed by atoms with Gasteiger partial charge in [0.2, 0.25) is 5.91 Å². The van der Waals surface area contributed by atoms with Crippen LogP contribution in [-0.4, -0.2) is 25.4 Å². The van der Waals surface area contributed by atoms with Crippen molar-refractivity contribution >= 4 is 33.3 Å². The third-order valence-corrected chi connectivity index (χ3v) is 4.25. The number of aromatic nitrogens is 4. The minimum Gasteiger partial charge on any atom is -0.308 e. The lowest BCUT2D eigenvalue weighted by Gasteiger charge is -2.05. The second-order valence-electron chi connectivity index (χ2n) is 4.60. The average Bonchev–Trinajstić information content (AvgIpc) is 2.95. The number of anilines is 1. The summed E-state index contributed by atoms with van der Waals surface area (Å²) < 4.78 is 1.29. The normalized spacial score (nSPS) is 10.8. The summed E-state index contributed by atoms with van der Waals surface area (Å²) in [6.07, 6.45) is 6.69. The number of nitrogens with zero attached hydrogens (tertiary/aromatic N) is 4. The van der Waals surface area contributed by atoms with Crippen LogP contribution in [-0.2, 0) is 17.8 Å². The SMILES string of the molecule is CCc1cc2c(=O)n(CC(=O)Nc3cnccn3)cnc2s1. The molecule has 22 heavy (non-hydrogen) atoms. The van der Waals surface area contributed by atoms with Gasteiger partial charge in [0.05, 0.1) is 17.9 Å². The summed E-state index contributed by atoms with van der Waals surface area (Å²) in [5, 5.41) is 3.14. The number of amides is 1. The maximum absolute atomic E-state index is 12.4. The number of nitrogens with one attached hydrogen (secondary N) is 1. The van der Waals surface area contributed by atoms with Gasteiger partial charge in [0.25, 0.3) is 5.56 Å². The van der Waals surface area contributed by atoms with Crippen molar-refractivity contribution in [3.8, 4) is 0 Å². The number of rotatable bonds is 4. The van der Waals surface area contributed by atoms with Crippen LogP contribution in [0.2, 0.25) is 0 Å². The highest BCUT2D eigenvalue weighted by molar-refractivity contribution is 7.18. The Labute approximate surface area is 129 Å². The van der Waals surface area contributed by atoms with Crippen molar-refractivity contribution in [2.75, 3.05) is 5.32 Å². The summed E-state index contributed by atoms with van der Waals surface area (Å²) >= 11 is 1.50. The lowest BCUT2D eigenvalue weighted by Crippen LogP contribution is -2.27. The van der Waals surface area contributed by atoms with E-state index in [0.717, 1.165) is 11.3 Å². The number of hydrogen-bond donors (Lipinski definition) is 1. The molecule has 112 valence electrons. The zero-order valence-corrected chi connectivity index (χ0v) is 12.6. The van der Waals surface area contributed by atoms with Gasteiger partial charge in [0.15, 0.2) is 5.82 Å². The number of hydrogen-bond acceptors (Lipinski definition) is 6. The Morgan fingerprint density at radius 1 is 1.36 bits per heavy atom. The van der Waals surface area contributed by atoms with E-state index in [2.05, 4.69) is 20.3 Å². The number of fused-ring (bicyclic) bond motifs is 1. The van der Waals surface area contributed by atoms with Crippen LogP contribution in [0, 0.1) is 0 Å². The van der Waals surface area contributed by atoms with E-state index in [1.54, 1.807) is 0 Å². The molecule has 0 unspecified atom stereocenters. The topological polar surface area (TPSA) is 89.8 Å². The molecule has 3 aromatic heterocycles. The fourth-order valence-corrected chi connectivity index (χ4v) is 2.92. The number of carbonyl (C=O) groups is 1. The molecule has 1 N–H and O–H groups in total. The summed E-state index contributed by atoms with van der Waals surface area (Å²) in [6.45, 7) is 1.91. The summed E-state index contributed by atoms with van der Waals surface area (Å²) in [7, 11) is 0. The molecule has 3 rings (SSSR count). The molecule has 0 fully saturated rings. The molecule has 0 aliphatic heterocycles. The highest BCUT2D eigenvalue weighted by Gasteiger charge is 2.11. The van der Waals surface area contributed by atoms with Crippen molar-refractivity contribution in [2.24, 2.45) is 0 Å². The second kappa shape index (κ2) is 6.02. The molecule has 3 aromatic rings. The Hall–Kier alpha value is -2.61. The highest BCUT2D eigenvalue weighted by atomic mass is 32.1. The van der Waals surface area contributed by atoms with Gasteiger partial charge in [0, 0.05) is 17.3 Å². The van der Waals surface area contributed by atoms with E-state index in [1.807, 2.05) is 13.0 Å². The van der Waals surface area contributed by atoms with E-state index in [4.69, 9.17) is 0 Å². The molecule has 8 heteroatoms. The van der Waals surface area contributed by atoms with E-state index in [0.29, 0.717) is 16.0 Å². The van der Waals surface area contributed by atoms with Crippen LogP contribution in [0.3, 0.4) is 0 Å². The third kappa shape index (κ3) is 2.86. The van der Waals surface area contributed by atoms with Crippen LogP contribution in [0.15, 0.2) is 35.8 Å². The molecular formula is C14H13N5O2S. The van der Waals surface area contributed by atoms with Gasteiger partial charge >= 0.3 is 0 Å². The molecule has 7 nitrogen and oxygen atoms in total.